The predicted molar refractivity (Wildman–Crippen MR) is 113 cm³/mol. The van der Waals surface area contributed by atoms with E-state index in [4.69, 9.17) is 4.43 Å². The van der Waals surface area contributed by atoms with E-state index in [0.717, 1.165) is 12.0 Å². The summed E-state index contributed by atoms with van der Waals surface area (Å²) >= 11 is 0. The van der Waals surface area contributed by atoms with Gasteiger partial charge in [-0.1, -0.05) is 51.5 Å². The first-order chi connectivity index (χ1) is 12.2. The molecule has 0 saturated heterocycles. The van der Waals surface area contributed by atoms with E-state index in [9.17, 15) is 8.42 Å². The van der Waals surface area contributed by atoms with E-state index in [-0.39, 0.29) is 15.9 Å². The fourth-order valence-corrected chi connectivity index (χ4v) is 6.00. The van der Waals surface area contributed by atoms with Crippen LogP contribution in [-0.4, -0.2) is 34.2 Å². The number of benzene rings is 1. The van der Waals surface area contributed by atoms with Crippen LogP contribution in [0, 0.1) is 17.8 Å². The lowest BCUT2D eigenvalue weighted by molar-refractivity contribution is 0.169. The van der Waals surface area contributed by atoms with Gasteiger partial charge in [0.05, 0.1) is 4.90 Å². The smallest absolute Gasteiger partial charge is 0.263 e. The molecule has 6 heteroatoms. The maximum Gasteiger partial charge on any atom is 0.263 e. The Hall–Kier alpha value is -1.11. The molecule has 0 spiro atoms. The van der Waals surface area contributed by atoms with Crippen LogP contribution in [-0.2, 0) is 14.4 Å². The Labute approximate surface area is 165 Å². The lowest BCUT2D eigenvalue weighted by Crippen LogP contribution is -2.45. The lowest BCUT2D eigenvalue weighted by Gasteiger charge is -2.39. The van der Waals surface area contributed by atoms with Crippen molar-refractivity contribution in [3.8, 4) is 0 Å². The molecule has 0 amide bonds. The number of rotatable bonds is 5. The molecule has 0 radical (unpaired) electrons. The van der Waals surface area contributed by atoms with Gasteiger partial charge in [0, 0.05) is 24.8 Å². The van der Waals surface area contributed by atoms with Crippen LogP contribution < -0.4 is 0 Å². The van der Waals surface area contributed by atoms with Crippen LogP contribution >= 0.6 is 0 Å². The maximum atomic E-state index is 13.1. The fourth-order valence-electron chi connectivity index (χ4n) is 3.54. The highest BCUT2D eigenvalue weighted by atomic mass is 32.2. The van der Waals surface area contributed by atoms with E-state index >= 15 is 0 Å². The van der Waals surface area contributed by atoms with Crippen LogP contribution in [0.15, 0.2) is 41.4 Å². The van der Waals surface area contributed by atoms with E-state index in [0.29, 0.717) is 18.0 Å². The van der Waals surface area contributed by atoms with Gasteiger partial charge in [-0.2, -0.15) is 0 Å². The van der Waals surface area contributed by atoms with Gasteiger partial charge in [-0.3, -0.25) is 4.31 Å². The molecule has 0 bridgehead atoms. The average molecular weight is 408 g/mol. The molecule has 27 heavy (non-hydrogen) atoms. The van der Waals surface area contributed by atoms with Crippen LogP contribution in [0.3, 0.4) is 0 Å². The first kappa shape index (κ1) is 20.6. The van der Waals surface area contributed by atoms with Crippen molar-refractivity contribution in [2.45, 2.75) is 64.1 Å². The Morgan fingerprint density at radius 2 is 1.78 bits per heavy atom. The maximum absolute atomic E-state index is 13.1. The summed E-state index contributed by atoms with van der Waals surface area (Å²) in [6.07, 6.45) is 4.80. The minimum Gasteiger partial charge on any atom is -0.416 e. The van der Waals surface area contributed by atoms with Gasteiger partial charge in [0.1, 0.15) is 0 Å². The van der Waals surface area contributed by atoms with Crippen molar-refractivity contribution in [2.24, 2.45) is 10.8 Å². The molecule has 1 aromatic rings. The SMILES string of the molecule is Cc1ccc(S(=O)(=O)N2C=C[C@]3(C)C[C@]3(CO[Si](C)(C)C(C)(C)C)C2)cc1. The van der Waals surface area contributed by atoms with Crippen LogP contribution in [0.2, 0.25) is 18.1 Å². The molecule has 0 aromatic heterocycles. The summed E-state index contributed by atoms with van der Waals surface area (Å²) in [6.45, 7) is 16.5. The zero-order chi connectivity index (χ0) is 20.3. The van der Waals surface area contributed by atoms with Crippen molar-refractivity contribution >= 4 is 18.3 Å². The third-order valence-corrected chi connectivity index (χ3v) is 13.2. The molecular formula is C21H33NO3SSi. The molecule has 1 saturated carbocycles. The van der Waals surface area contributed by atoms with Gasteiger partial charge in [-0.15, -0.1) is 0 Å². The standard InChI is InChI=1S/C21H33NO3SSi/c1-17-8-10-18(11-9-17)26(23,24)22-13-12-20(5)14-21(20,15-22)16-25-27(6,7)19(2,3)4/h8-13H,14-16H2,1-7H3/t20-,21-/m1/s1. The fraction of sp³-hybridized carbons (Fsp3) is 0.619. The average Bonchev–Trinajstić information content (AvgIpc) is 3.18. The highest BCUT2D eigenvalue weighted by Gasteiger charge is 2.66. The molecule has 1 aromatic carbocycles. The summed E-state index contributed by atoms with van der Waals surface area (Å²) in [4.78, 5) is 0.350. The minimum atomic E-state index is -3.53. The zero-order valence-corrected chi connectivity index (χ0v) is 19.5. The summed E-state index contributed by atoms with van der Waals surface area (Å²) in [5.74, 6) is 0. The van der Waals surface area contributed by atoms with Gasteiger partial charge in [0.25, 0.3) is 10.0 Å². The lowest BCUT2D eigenvalue weighted by atomic mass is 9.93. The molecule has 1 heterocycles. The quantitative estimate of drug-likeness (QED) is 0.650. The molecule has 2 aliphatic rings. The van der Waals surface area contributed by atoms with E-state index in [1.807, 2.05) is 19.1 Å². The van der Waals surface area contributed by atoms with E-state index < -0.39 is 18.3 Å². The molecular weight excluding hydrogens is 374 g/mol. The monoisotopic (exact) mass is 407 g/mol. The third kappa shape index (κ3) is 3.52. The highest BCUT2D eigenvalue weighted by molar-refractivity contribution is 7.89. The normalized spacial score (nSPS) is 28.2. The Bertz CT molecular complexity index is 854. The Kier molecular flexibility index (Phi) is 4.73. The van der Waals surface area contributed by atoms with E-state index in [1.165, 1.54) is 4.31 Å². The second-order valence-electron chi connectivity index (χ2n) is 10.1. The first-order valence-electron chi connectivity index (χ1n) is 9.64. The molecule has 4 nitrogen and oxygen atoms in total. The molecule has 1 aliphatic carbocycles. The Morgan fingerprint density at radius 3 is 2.33 bits per heavy atom. The molecule has 0 N–H and O–H groups in total. The van der Waals surface area contributed by atoms with Gasteiger partial charge in [0.15, 0.2) is 8.32 Å². The highest BCUT2D eigenvalue weighted by Crippen LogP contribution is 2.67. The molecule has 150 valence electrons. The van der Waals surface area contributed by atoms with Gasteiger partial charge < -0.3 is 4.43 Å². The number of hydrogen-bond acceptors (Lipinski definition) is 3. The topological polar surface area (TPSA) is 46.6 Å². The van der Waals surface area contributed by atoms with Crippen molar-refractivity contribution in [1.82, 2.24) is 4.31 Å². The summed E-state index contributed by atoms with van der Waals surface area (Å²) in [5, 5.41) is 0.146. The summed E-state index contributed by atoms with van der Waals surface area (Å²) in [7, 11) is -5.40. The molecule has 0 unspecified atom stereocenters. The van der Waals surface area contributed by atoms with Crippen molar-refractivity contribution in [2.75, 3.05) is 13.2 Å². The number of sulfonamides is 1. The van der Waals surface area contributed by atoms with Crippen LogP contribution in [0.25, 0.3) is 0 Å². The minimum absolute atomic E-state index is 0.0364. The predicted octanol–water partition coefficient (Wildman–Crippen LogP) is 4.93. The molecule has 2 atom stereocenters. The van der Waals surface area contributed by atoms with Crippen molar-refractivity contribution in [1.29, 1.82) is 0 Å². The van der Waals surface area contributed by atoms with Crippen LogP contribution in [0.1, 0.15) is 39.7 Å². The third-order valence-electron chi connectivity index (χ3n) is 7.00. The second-order valence-corrected chi connectivity index (χ2v) is 16.8. The van der Waals surface area contributed by atoms with Gasteiger partial charge in [-0.05, 0) is 49.0 Å². The van der Waals surface area contributed by atoms with Gasteiger partial charge in [0.2, 0.25) is 0 Å². The summed E-state index contributed by atoms with van der Waals surface area (Å²) in [6, 6.07) is 7.08. The van der Waals surface area contributed by atoms with Gasteiger partial charge >= 0.3 is 0 Å². The largest absolute Gasteiger partial charge is 0.416 e. The van der Waals surface area contributed by atoms with Crippen LogP contribution in [0.5, 0.6) is 0 Å². The van der Waals surface area contributed by atoms with Crippen molar-refractivity contribution in [3.05, 3.63) is 42.1 Å². The van der Waals surface area contributed by atoms with E-state index in [1.54, 1.807) is 18.3 Å². The van der Waals surface area contributed by atoms with Crippen LogP contribution in [0.4, 0.5) is 0 Å². The van der Waals surface area contributed by atoms with Crippen molar-refractivity contribution < 1.29 is 12.8 Å². The second kappa shape index (κ2) is 6.19. The summed E-state index contributed by atoms with van der Waals surface area (Å²) < 4.78 is 34.2. The van der Waals surface area contributed by atoms with Gasteiger partial charge in [-0.25, -0.2) is 8.42 Å². The number of allylic oxidation sites excluding steroid dienone is 1. The zero-order valence-electron chi connectivity index (χ0n) is 17.7. The molecule has 1 aliphatic heterocycles. The molecule has 3 rings (SSSR count). The van der Waals surface area contributed by atoms with Crippen molar-refractivity contribution in [3.63, 3.8) is 0 Å². The van der Waals surface area contributed by atoms with E-state index in [2.05, 4.69) is 46.9 Å². The Morgan fingerprint density at radius 1 is 1.19 bits per heavy atom. The first-order valence-corrected chi connectivity index (χ1v) is 14.0. The number of hydrogen-bond donors (Lipinski definition) is 0. The summed E-state index contributed by atoms with van der Waals surface area (Å²) in [5.41, 5.74) is 0.973. The number of fused-ring (bicyclic) bond motifs is 1. The molecule has 1 fully saturated rings. The number of aryl methyl sites for hydroxylation is 1. The number of nitrogens with zero attached hydrogens (tertiary/aromatic N) is 1. The Balaban J connectivity index is 1.81.